The Labute approximate surface area is 174 Å². The van der Waals surface area contributed by atoms with Crippen LogP contribution in [-0.2, 0) is 7.05 Å². The van der Waals surface area contributed by atoms with E-state index in [1.165, 1.54) is 0 Å². The molecule has 2 aromatic heterocycles. The zero-order valence-electron chi connectivity index (χ0n) is 16.4. The maximum Gasteiger partial charge on any atom is 0.199 e. The Balaban J connectivity index is 1.72. The monoisotopic (exact) mass is 392 g/mol. The van der Waals surface area contributed by atoms with E-state index in [2.05, 4.69) is 9.97 Å². The van der Waals surface area contributed by atoms with E-state index in [1.54, 1.807) is 6.20 Å². The van der Waals surface area contributed by atoms with Crippen LogP contribution in [0.15, 0.2) is 96.2 Å². The van der Waals surface area contributed by atoms with Crippen molar-refractivity contribution in [2.45, 2.75) is 0 Å². The Bertz CT molecular complexity index is 1360. The van der Waals surface area contributed by atoms with Crippen LogP contribution in [0.5, 0.6) is 5.88 Å². The second kappa shape index (κ2) is 7.37. The predicted octanol–water partition coefficient (Wildman–Crippen LogP) is 5.44. The zero-order chi connectivity index (χ0) is 20.5. The molecule has 0 bridgehead atoms. The number of aliphatic imine (C=N–C) groups is 1. The zero-order valence-corrected chi connectivity index (χ0v) is 16.4. The van der Waals surface area contributed by atoms with Gasteiger partial charge in [0.2, 0.25) is 0 Å². The molecule has 0 fully saturated rings. The van der Waals surface area contributed by atoms with E-state index in [0.717, 1.165) is 33.5 Å². The lowest BCUT2D eigenvalue weighted by atomic mass is 10.0. The minimum absolute atomic E-state index is 0.110. The highest BCUT2D eigenvalue weighted by atomic mass is 16.3. The van der Waals surface area contributed by atoms with E-state index in [-0.39, 0.29) is 5.88 Å². The molecule has 0 unspecified atom stereocenters. The lowest BCUT2D eigenvalue weighted by Gasteiger charge is -2.09. The molecule has 0 saturated carbocycles. The molecule has 0 amide bonds. The fourth-order valence-corrected chi connectivity index (χ4v) is 3.72. The van der Waals surface area contributed by atoms with Gasteiger partial charge in [0.1, 0.15) is 5.82 Å². The Kier molecular flexibility index (Phi) is 4.41. The lowest BCUT2D eigenvalue weighted by Crippen LogP contribution is -2.02. The highest BCUT2D eigenvalue weighted by Gasteiger charge is 2.18. The molecule has 5 nitrogen and oxygen atoms in total. The largest absolute Gasteiger partial charge is 0.494 e. The number of aromatic nitrogens is 3. The summed E-state index contributed by atoms with van der Waals surface area (Å²) in [5.74, 6) is 0.988. The predicted molar refractivity (Wildman–Crippen MR) is 120 cm³/mol. The number of nitrogens with zero attached hydrogens (tertiary/aromatic N) is 3. The molecule has 0 radical (unpaired) electrons. The summed E-state index contributed by atoms with van der Waals surface area (Å²) in [7, 11) is 1.97. The lowest BCUT2D eigenvalue weighted by molar-refractivity contribution is 0.457. The summed E-state index contributed by atoms with van der Waals surface area (Å²) >= 11 is 0. The van der Waals surface area contributed by atoms with E-state index in [4.69, 9.17) is 4.99 Å². The normalized spacial score (nSPS) is 11.8. The average molecular weight is 392 g/mol. The van der Waals surface area contributed by atoms with Gasteiger partial charge in [0.25, 0.3) is 0 Å². The molecule has 2 N–H and O–H groups in total. The standard InChI is InChI=1S/C25H20N4O/c1-29-15-14-26-24(29)18-10-7-11-19(16-18)27-23(17-8-3-2-4-9-17)22-20-12-5-6-13-21(20)28-25(22)30/h2-16,28,30H,1H3. The molecule has 5 aromatic rings. The summed E-state index contributed by atoms with van der Waals surface area (Å²) in [5.41, 5.74) is 4.98. The van der Waals surface area contributed by atoms with Crippen LogP contribution in [0.3, 0.4) is 0 Å². The van der Waals surface area contributed by atoms with Crippen LogP contribution < -0.4 is 0 Å². The van der Waals surface area contributed by atoms with Gasteiger partial charge in [-0.15, -0.1) is 0 Å². The van der Waals surface area contributed by atoms with E-state index >= 15 is 0 Å². The first-order chi connectivity index (χ1) is 14.7. The third-order valence-electron chi connectivity index (χ3n) is 5.14. The molecule has 5 heteroatoms. The Morgan fingerprint density at radius 2 is 1.77 bits per heavy atom. The van der Waals surface area contributed by atoms with Gasteiger partial charge < -0.3 is 14.7 Å². The number of fused-ring (bicyclic) bond motifs is 1. The van der Waals surface area contributed by atoms with Crippen LogP contribution >= 0.6 is 0 Å². The molecule has 5 rings (SSSR count). The van der Waals surface area contributed by atoms with Crippen molar-refractivity contribution in [1.29, 1.82) is 0 Å². The highest BCUT2D eigenvalue weighted by molar-refractivity contribution is 6.21. The fourth-order valence-electron chi connectivity index (χ4n) is 3.72. The van der Waals surface area contributed by atoms with Crippen LogP contribution in [0.1, 0.15) is 11.1 Å². The van der Waals surface area contributed by atoms with Gasteiger partial charge >= 0.3 is 0 Å². The molecule has 0 atom stereocenters. The molecule has 0 aliphatic heterocycles. The average Bonchev–Trinajstić information content (AvgIpc) is 3.35. The van der Waals surface area contributed by atoms with Crippen LogP contribution in [0.25, 0.3) is 22.3 Å². The summed E-state index contributed by atoms with van der Waals surface area (Å²) < 4.78 is 1.98. The topological polar surface area (TPSA) is 66.2 Å². The number of aryl methyl sites for hydroxylation is 1. The Morgan fingerprint density at radius 3 is 2.57 bits per heavy atom. The Morgan fingerprint density at radius 1 is 0.967 bits per heavy atom. The van der Waals surface area contributed by atoms with Crippen molar-refractivity contribution in [3.8, 4) is 17.3 Å². The molecule has 0 saturated heterocycles. The van der Waals surface area contributed by atoms with Crippen molar-refractivity contribution < 1.29 is 5.11 Å². The van der Waals surface area contributed by atoms with Crippen LogP contribution in [-0.4, -0.2) is 25.4 Å². The van der Waals surface area contributed by atoms with Crippen molar-refractivity contribution >= 4 is 22.3 Å². The maximum absolute atomic E-state index is 10.7. The van der Waals surface area contributed by atoms with Crippen molar-refractivity contribution in [3.05, 3.63) is 102 Å². The number of imidazole rings is 1. The maximum atomic E-state index is 10.7. The quantitative estimate of drug-likeness (QED) is 0.400. The molecule has 146 valence electrons. The molecular weight excluding hydrogens is 372 g/mol. The van der Waals surface area contributed by atoms with Crippen LogP contribution in [0.4, 0.5) is 5.69 Å². The minimum atomic E-state index is 0.110. The molecule has 3 aromatic carbocycles. The van der Waals surface area contributed by atoms with Crippen LogP contribution in [0, 0.1) is 0 Å². The number of rotatable bonds is 4. The summed E-state index contributed by atoms with van der Waals surface area (Å²) in [5, 5.41) is 11.7. The van der Waals surface area contributed by atoms with Gasteiger partial charge in [0, 0.05) is 41.5 Å². The number of para-hydroxylation sites is 1. The first-order valence-electron chi connectivity index (χ1n) is 9.72. The van der Waals surface area contributed by atoms with Gasteiger partial charge in [-0.1, -0.05) is 60.7 Å². The first kappa shape index (κ1) is 17.9. The van der Waals surface area contributed by atoms with Gasteiger partial charge in [0.15, 0.2) is 5.88 Å². The van der Waals surface area contributed by atoms with Gasteiger partial charge in [-0.3, -0.25) is 0 Å². The van der Waals surface area contributed by atoms with E-state index in [0.29, 0.717) is 11.3 Å². The van der Waals surface area contributed by atoms with E-state index in [9.17, 15) is 5.11 Å². The first-order valence-corrected chi connectivity index (χ1v) is 9.72. The van der Waals surface area contributed by atoms with E-state index in [1.807, 2.05) is 96.7 Å². The van der Waals surface area contributed by atoms with Gasteiger partial charge in [-0.2, -0.15) is 0 Å². The molecule has 2 heterocycles. The van der Waals surface area contributed by atoms with Crippen molar-refractivity contribution in [3.63, 3.8) is 0 Å². The van der Waals surface area contributed by atoms with Crippen LogP contribution in [0.2, 0.25) is 0 Å². The number of hydrogen-bond acceptors (Lipinski definition) is 3. The second-order valence-corrected chi connectivity index (χ2v) is 7.13. The summed E-state index contributed by atoms with van der Waals surface area (Å²) in [6.45, 7) is 0. The summed E-state index contributed by atoms with van der Waals surface area (Å²) in [6.07, 6.45) is 3.70. The van der Waals surface area contributed by atoms with Crippen molar-refractivity contribution in [1.82, 2.24) is 14.5 Å². The SMILES string of the molecule is Cn1ccnc1-c1cccc(N=C(c2ccccc2)c2c(O)[nH]c3ccccc23)c1. The summed E-state index contributed by atoms with van der Waals surface area (Å²) in [6, 6.07) is 25.7. The van der Waals surface area contributed by atoms with Gasteiger partial charge in [0.05, 0.1) is 17.0 Å². The molecule has 0 aliphatic carbocycles. The Hall–Kier alpha value is -4.12. The minimum Gasteiger partial charge on any atom is -0.494 e. The number of hydrogen-bond donors (Lipinski definition) is 2. The fraction of sp³-hybridized carbons (Fsp3) is 0.0400. The molecule has 0 spiro atoms. The number of aromatic hydroxyl groups is 1. The number of H-pyrrole nitrogens is 1. The number of aromatic amines is 1. The van der Waals surface area contributed by atoms with Crippen molar-refractivity contribution in [2.75, 3.05) is 0 Å². The number of benzene rings is 3. The molecule has 0 aliphatic rings. The van der Waals surface area contributed by atoms with E-state index < -0.39 is 0 Å². The highest BCUT2D eigenvalue weighted by Crippen LogP contribution is 2.32. The molecule has 30 heavy (non-hydrogen) atoms. The second-order valence-electron chi connectivity index (χ2n) is 7.13. The molecular formula is C25H20N4O. The third kappa shape index (κ3) is 3.16. The number of nitrogens with one attached hydrogen (secondary N) is 1. The van der Waals surface area contributed by atoms with Gasteiger partial charge in [-0.05, 0) is 18.2 Å². The van der Waals surface area contributed by atoms with Gasteiger partial charge in [-0.25, -0.2) is 9.98 Å². The third-order valence-corrected chi connectivity index (χ3v) is 5.14. The smallest absolute Gasteiger partial charge is 0.199 e. The van der Waals surface area contributed by atoms with Crippen molar-refractivity contribution in [2.24, 2.45) is 12.0 Å². The summed E-state index contributed by atoms with van der Waals surface area (Å²) in [4.78, 5) is 12.5.